The summed E-state index contributed by atoms with van der Waals surface area (Å²) in [7, 11) is 3.66. The molecule has 1 aromatic rings. The zero-order valence-electron chi connectivity index (χ0n) is 11.0. The highest BCUT2D eigenvalue weighted by Gasteiger charge is 2.24. The van der Waals surface area contributed by atoms with Crippen molar-refractivity contribution < 1.29 is 14.2 Å². The summed E-state index contributed by atoms with van der Waals surface area (Å²) in [5.41, 5.74) is 1.19. The number of hydrogen-bond acceptors (Lipinski definition) is 4. The van der Waals surface area contributed by atoms with Gasteiger partial charge in [0.2, 0.25) is 0 Å². The van der Waals surface area contributed by atoms with Gasteiger partial charge in [-0.15, -0.1) is 0 Å². The molecule has 4 nitrogen and oxygen atoms in total. The third kappa shape index (κ3) is 3.22. The number of likely N-dealkylation sites (N-methyl/N-ethyl adjacent to an activating group) is 1. The SMILES string of the molecule is CNC(Cc1ccccc1OC)C1COCCO1. The van der Waals surface area contributed by atoms with E-state index in [0.717, 1.165) is 12.2 Å². The molecule has 1 fully saturated rings. The first kappa shape index (κ1) is 13.3. The fourth-order valence-corrected chi connectivity index (χ4v) is 2.27. The second-order valence-corrected chi connectivity index (χ2v) is 4.40. The zero-order valence-corrected chi connectivity index (χ0v) is 11.0. The van der Waals surface area contributed by atoms with Crippen LogP contribution in [0.4, 0.5) is 0 Å². The molecule has 2 unspecified atom stereocenters. The lowest BCUT2D eigenvalue weighted by Gasteiger charge is -2.30. The number of rotatable bonds is 5. The highest BCUT2D eigenvalue weighted by molar-refractivity contribution is 5.34. The topological polar surface area (TPSA) is 39.7 Å². The van der Waals surface area contributed by atoms with Crippen molar-refractivity contribution in [2.24, 2.45) is 0 Å². The fourth-order valence-electron chi connectivity index (χ4n) is 2.27. The van der Waals surface area contributed by atoms with Gasteiger partial charge in [0.25, 0.3) is 0 Å². The molecule has 0 aromatic heterocycles. The molecule has 0 amide bonds. The molecule has 1 aromatic carbocycles. The summed E-state index contributed by atoms with van der Waals surface area (Å²) >= 11 is 0. The lowest BCUT2D eigenvalue weighted by molar-refractivity contribution is -0.100. The van der Waals surface area contributed by atoms with Gasteiger partial charge < -0.3 is 19.5 Å². The van der Waals surface area contributed by atoms with Crippen LogP contribution < -0.4 is 10.1 Å². The van der Waals surface area contributed by atoms with Gasteiger partial charge >= 0.3 is 0 Å². The van der Waals surface area contributed by atoms with Crippen LogP contribution in [0.15, 0.2) is 24.3 Å². The molecule has 0 saturated carbocycles. The van der Waals surface area contributed by atoms with Gasteiger partial charge in [-0.3, -0.25) is 0 Å². The minimum absolute atomic E-state index is 0.105. The molecule has 2 rings (SSSR count). The number of nitrogens with one attached hydrogen (secondary N) is 1. The molecule has 4 heteroatoms. The minimum Gasteiger partial charge on any atom is -0.496 e. The molecule has 0 radical (unpaired) electrons. The summed E-state index contributed by atoms with van der Waals surface area (Å²) < 4.78 is 16.6. The van der Waals surface area contributed by atoms with E-state index in [1.54, 1.807) is 7.11 Å². The lowest BCUT2D eigenvalue weighted by atomic mass is 10.0. The second-order valence-electron chi connectivity index (χ2n) is 4.40. The average molecular weight is 251 g/mol. The Labute approximate surface area is 108 Å². The Hall–Kier alpha value is -1.10. The van der Waals surface area contributed by atoms with Gasteiger partial charge in [-0.1, -0.05) is 18.2 Å². The van der Waals surface area contributed by atoms with Crippen molar-refractivity contribution in [3.63, 3.8) is 0 Å². The third-order valence-electron chi connectivity index (χ3n) is 3.29. The summed E-state index contributed by atoms with van der Waals surface area (Å²) in [6.45, 7) is 2.02. The Bertz CT molecular complexity index is 364. The number of hydrogen-bond donors (Lipinski definition) is 1. The lowest BCUT2D eigenvalue weighted by Crippen LogP contribution is -2.46. The van der Waals surface area contributed by atoms with Gasteiger partial charge in [-0.25, -0.2) is 0 Å². The number of benzene rings is 1. The summed E-state index contributed by atoms with van der Waals surface area (Å²) in [6.07, 6.45) is 0.975. The predicted octanol–water partition coefficient (Wildman–Crippen LogP) is 1.24. The molecular formula is C14H21NO3. The maximum atomic E-state index is 5.75. The number of methoxy groups -OCH3 is 1. The van der Waals surface area contributed by atoms with Crippen LogP contribution in [0.5, 0.6) is 5.75 Å². The van der Waals surface area contributed by atoms with E-state index in [9.17, 15) is 0 Å². The number of ether oxygens (including phenoxy) is 3. The normalized spacial score (nSPS) is 21.6. The first-order valence-corrected chi connectivity index (χ1v) is 6.33. The summed E-state index contributed by atoms with van der Waals surface area (Å²) in [4.78, 5) is 0. The monoisotopic (exact) mass is 251 g/mol. The molecule has 1 N–H and O–H groups in total. The van der Waals surface area contributed by atoms with Crippen LogP contribution in [0.25, 0.3) is 0 Å². The fraction of sp³-hybridized carbons (Fsp3) is 0.571. The van der Waals surface area contributed by atoms with Crippen LogP contribution in [0.1, 0.15) is 5.56 Å². The highest BCUT2D eigenvalue weighted by atomic mass is 16.6. The van der Waals surface area contributed by atoms with Crippen LogP contribution in [0.3, 0.4) is 0 Å². The van der Waals surface area contributed by atoms with Crippen LogP contribution in [0.2, 0.25) is 0 Å². The maximum absolute atomic E-state index is 5.75. The Balaban J connectivity index is 2.04. The van der Waals surface area contributed by atoms with Crippen molar-refractivity contribution in [1.29, 1.82) is 0 Å². The van der Waals surface area contributed by atoms with Crippen LogP contribution >= 0.6 is 0 Å². The van der Waals surface area contributed by atoms with Gasteiger partial charge in [0.05, 0.1) is 33.0 Å². The Morgan fingerprint density at radius 3 is 2.89 bits per heavy atom. The van der Waals surface area contributed by atoms with Crippen molar-refractivity contribution in [3.8, 4) is 5.75 Å². The standard InChI is InChI=1S/C14H21NO3/c1-15-12(14-10-17-7-8-18-14)9-11-5-3-4-6-13(11)16-2/h3-6,12,14-15H,7-10H2,1-2H3. The Kier molecular flexibility index (Phi) is 4.99. The van der Waals surface area contributed by atoms with Crippen LogP contribution in [-0.4, -0.2) is 46.1 Å². The number of para-hydroxylation sites is 1. The van der Waals surface area contributed by atoms with E-state index in [2.05, 4.69) is 11.4 Å². The molecule has 0 spiro atoms. The van der Waals surface area contributed by atoms with E-state index in [1.165, 1.54) is 5.56 Å². The molecule has 1 aliphatic heterocycles. The quantitative estimate of drug-likeness (QED) is 0.854. The smallest absolute Gasteiger partial charge is 0.122 e. The van der Waals surface area contributed by atoms with Gasteiger partial charge in [-0.2, -0.15) is 0 Å². The summed E-state index contributed by atoms with van der Waals surface area (Å²) in [6, 6.07) is 8.33. The largest absolute Gasteiger partial charge is 0.496 e. The third-order valence-corrected chi connectivity index (χ3v) is 3.29. The molecular weight excluding hydrogens is 230 g/mol. The molecule has 1 saturated heterocycles. The molecule has 18 heavy (non-hydrogen) atoms. The van der Waals surface area contributed by atoms with Gasteiger partial charge in [0.1, 0.15) is 5.75 Å². The molecule has 100 valence electrons. The van der Waals surface area contributed by atoms with Gasteiger partial charge in [0, 0.05) is 6.04 Å². The van der Waals surface area contributed by atoms with Crippen molar-refractivity contribution in [2.75, 3.05) is 34.0 Å². The van der Waals surface area contributed by atoms with Crippen LogP contribution in [-0.2, 0) is 15.9 Å². The average Bonchev–Trinajstić information content (AvgIpc) is 2.46. The van der Waals surface area contributed by atoms with E-state index in [4.69, 9.17) is 14.2 Å². The van der Waals surface area contributed by atoms with E-state index in [-0.39, 0.29) is 12.1 Å². The first-order chi connectivity index (χ1) is 8.85. The molecule has 1 aliphatic rings. The molecule has 2 atom stereocenters. The second kappa shape index (κ2) is 6.73. The van der Waals surface area contributed by atoms with E-state index >= 15 is 0 Å². The van der Waals surface area contributed by atoms with Crippen LogP contribution in [0, 0.1) is 0 Å². The Morgan fingerprint density at radius 1 is 1.39 bits per heavy atom. The predicted molar refractivity (Wildman–Crippen MR) is 70.1 cm³/mol. The van der Waals surface area contributed by atoms with Gasteiger partial charge in [-0.05, 0) is 25.1 Å². The molecule has 0 aliphatic carbocycles. The Morgan fingerprint density at radius 2 is 2.22 bits per heavy atom. The van der Waals surface area contributed by atoms with Crippen molar-refractivity contribution in [2.45, 2.75) is 18.6 Å². The molecule has 0 bridgehead atoms. The highest BCUT2D eigenvalue weighted by Crippen LogP contribution is 2.21. The van der Waals surface area contributed by atoms with Gasteiger partial charge in [0.15, 0.2) is 0 Å². The first-order valence-electron chi connectivity index (χ1n) is 6.33. The minimum atomic E-state index is 0.105. The van der Waals surface area contributed by atoms with E-state index in [0.29, 0.717) is 19.8 Å². The van der Waals surface area contributed by atoms with Crippen molar-refractivity contribution in [1.82, 2.24) is 5.32 Å². The van der Waals surface area contributed by atoms with E-state index < -0.39 is 0 Å². The zero-order chi connectivity index (χ0) is 12.8. The van der Waals surface area contributed by atoms with Crippen molar-refractivity contribution >= 4 is 0 Å². The maximum Gasteiger partial charge on any atom is 0.122 e. The molecule has 1 heterocycles. The van der Waals surface area contributed by atoms with Crippen molar-refractivity contribution in [3.05, 3.63) is 29.8 Å². The van der Waals surface area contributed by atoms with E-state index in [1.807, 2.05) is 25.2 Å². The summed E-state index contributed by atoms with van der Waals surface area (Å²) in [5, 5.41) is 3.31. The summed E-state index contributed by atoms with van der Waals surface area (Å²) in [5.74, 6) is 0.925.